The number of Topliss-reactive ketones (excluding diaryl/α,β-unsaturated/α-hetero) is 1. The fraction of sp³-hybridized carbons (Fsp3) is 0.458. The molecule has 0 spiro atoms. The number of likely N-dealkylation sites (tertiary alicyclic amines) is 1. The molecular formula is C24H28N2O4S. The monoisotopic (exact) mass is 440 g/mol. The van der Waals surface area contributed by atoms with E-state index in [4.69, 9.17) is 4.74 Å². The van der Waals surface area contributed by atoms with Gasteiger partial charge in [0, 0.05) is 24.1 Å². The summed E-state index contributed by atoms with van der Waals surface area (Å²) in [4.78, 5) is 28.4. The Balaban J connectivity index is 1.74. The minimum Gasteiger partial charge on any atom is -0.484 e. The normalized spacial score (nSPS) is 23.8. The maximum absolute atomic E-state index is 13.9. The number of ketones is 1. The molecule has 1 saturated heterocycles. The summed E-state index contributed by atoms with van der Waals surface area (Å²) in [6.45, 7) is 8.64. The maximum atomic E-state index is 13.9. The molecule has 0 amide bonds. The van der Waals surface area contributed by atoms with Gasteiger partial charge in [0.15, 0.2) is 5.78 Å². The Hall–Kier alpha value is -2.38. The number of hydrogen-bond acceptors (Lipinski definition) is 6. The van der Waals surface area contributed by atoms with E-state index in [2.05, 4.69) is 11.8 Å². The molecule has 2 aliphatic heterocycles. The van der Waals surface area contributed by atoms with Crippen LogP contribution >= 0.6 is 11.8 Å². The molecule has 2 aliphatic rings. The summed E-state index contributed by atoms with van der Waals surface area (Å²) in [5.41, 5.74) is 2.03. The summed E-state index contributed by atoms with van der Waals surface area (Å²) in [7, 11) is 0. The summed E-state index contributed by atoms with van der Waals surface area (Å²) < 4.78 is 5.17. The molecule has 0 aromatic heterocycles. The molecule has 7 heteroatoms. The van der Waals surface area contributed by atoms with Gasteiger partial charge in [0.2, 0.25) is 5.75 Å². The van der Waals surface area contributed by atoms with Crippen molar-refractivity contribution in [3.05, 3.63) is 63.2 Å². The number of hydrogen-bond donors (Lipinski definition) is 0. The highest BCUT2D eigenvalue weighted by molar-refractivity contribution is 8.01. The second-order valence-corrected chi connectivity index (χ2v) is 10.4. The van der Waals surface area contributed by atoms with Crippen LogP contribution in [0.5, 0.6) is 5.75 Å². The predicted octanol–water partition coefficient (Wildman–Crippen LogP) is 5.05. The van der Waals surface area contributed by atoms with Crippen LogP contribution in [-0.4, -0.2) is 46.6 Å². The van der Waals surface area contributed by atoms with Crippen molar-refractivity contribution in [1.29, 1.82) is 0 Å². The number of piperidine rings is 1. The van der Waals surface area contributed by atoms with Crippen LogP contribution in [0.1, 0.15) is 41.3 Å². The highest BCUT2D eigenvalue weighted by Crippen LogP contribution is 2.45. The third-order valence-corrected chi connectivity index (χ3v) is 7.40. The molecular weight excluding hydrogens is 412 g/mol. The largest absolute Gasteiger partial charge is 0.484 e. The quantitative estimate of drug-likeness (QED) is 0.479. The zero-order chi connectivity index (χ0) is 22.2. The molecule has 0 radical (unpaired) electrons. The molecule has 4 rings (SSSR count). The Morgan fingerprint density at radius 1 is 1.23 bits per heavy atom. The van der Waals surface area contributed by atoms with Crippen LogP contribution in [0.2, 0.25) is 0 Å². The Labute approximate surface area is 187 Å². The van der Waals surface area contributed by atoms with Gasteiger partial charge >= 0.3 is 5.69 Å². The number of nitrogens with zero attached hydrogens (tertiary/aromatic N) is 2. The van der Waals surface area contributed by atoms with Gasteiger partial charge in [-0.2, -0.15) is 0 Å². The lowest BCUT2D eigenvalue weighted by Gasteiger charge is -2.41. The molecule has 0 aliphatic carbocycles. The first-order valence-corrected chi connectivity index (χ1v) is 11.5. The van der Waals surface area contributed by atoms with Gasteiger partial charge in [-0.3, -0.25) is 14.9 Å². The molecule has 164 valence electrons. The number of thioether (sulfide) groups is 1. The molecule has 1 fully saturated rings. The van der Waals surface area contributed by atoms with Crippen molar-refractivity contribution in [2.24, 2.45) is 5.92 Å². The van der Waals surface area contributed by atoms with Gasteiger partial charge in [-0.05, 0) is 62.9 Å². The topological polar surface area (TPSA) is 72.7 Å². The molecule has 0 saturated carbocycles. The Bertz CT molecular complexity index is 1010. The van der Waals surface area contributed by atoms with Crippen molar-refractivity contribution < 1.29 is 14.5 Å². The van der Waals surface area contributed by atoms with Crippen LogP contribution in [0.3, 0.4) is 0 Å². The van der Waals surface area contributed by atoms with E-state index in [0.29, 0.717) is 23.6 Å². The van der Waals surface area contributed by atoms with Crippen molar-refractivity contribution in [2.45, 2.75) is 43.3 Å². The number of carbonyl (C=O) groups excluding carboxylic acids is 1. The highest BCUT2D eigenvalue weighted by Gasteiger charge is 2.48. The number of benzene rings is 2. The Morgan fingerprint density at radius 2 is 1.97 bits per heavy atom. The molecule has 2 aromatic carbocycles. The molecule has 31 heavy (non-hydrogen) atoms. The third kappa shape index (κ3) is 4.48. The van der Waals surface area contributed by atoms with Crippen molar-refractivity contribution in [3.8, 4) is 5.75 Å². The van der Waals surface area contributed by atoms with Crippen LogP contribution in [0, 0.1) is 29.9 Å². The second-order valence-electron chi connectivity index (χ2n) is 8.93. The lowest BCUT2D eigenvalue weighted by atomic mass is 9.90. The van der Waals surface area contributed by atoms with E-state index in [9.17, 15) is 14.9 Å². The molecule has 0 N–H and O–H groups in total. The first-order valence-electron chi connectivity index (χ1n) is 10.7. The van der Waals surface area contributed by atoms with E-state index in [1.807, 2.05) is 31.2 Å². The second kappa shape index (κ2) is 8.63. The average Bonchev–Trinajstić information content (AvgIpc) is 2.72. The first-order chi connectivity index (χ1) is 14.8. The number of carbonyl (C=O) groups is 1. The summed E-state index contributed by atoms with van der Waals surface area (Å²) in [5.74, 6) is 0.613. The van der Waals surface area contributed by atoms with E-state index >= 15 is 0 Å². The molecule has 0 unspecified atom stereocenters. The highest BCUT2D eigenvalue weighted by atomic mass is 32.2. The minimum atomic E-state index is -0.846. The average molecular weight is 441 g/mol. The zero-order valence-corrected chi connectivity index (χ0v) is 19.0. The number of aryl methyl sites for hydroxylation is 2. The van der Waals surface area contributed by atoms with Crippen LogP contribution in [0.25, 0.3) is 0 Å². The number of rotatable bonds is 5. The lowest BCUT2D eigenvalue weighted by molar-refractivity contribution is -0.386. The first kappa shape index (κ1) is 21.8. The molecule has 6 nitrogen and oxygen atoms in total. The molecule has 2 heterocycles. The molecule has 2 atom stereocenters. The SMILES string of the molecule is Cc1ccc(S[C@]2(CN3CCC[C@H](C)C3)COc3c(cc(C)cc3[N+](=O)[O-])C2=O)cc1. The predicted molar refractivity (Wildman–Crippen MR) is 122 cm³/mol. The summed E-state index contributed by atoms with van der Waals surface area (Å²) in [6, 6.07) is 11.3. The van der Waals surface area contributed by atoms with E-state index in [-0.39, 0.29) is 23.8 Å². The number of fused-ring (bicyclic) bond motifs is 1. The van der Waals surface area contributed by atoms with Gasteiger partial charge in [-0.15, -0.1) is 11.8 Å². The number of nitro groups is 1. The van der Waals surface area contributed by atoms with E-state index in [1.54, 1.807) is 13.0 Å². The van der Waals surface area contributed by atoms with Crippen LogP contribution in [0.4, 0.5) is 5.69 Å². The minimum absolute atomic E-state index is 0.0793. The van der Waals surface area contributed by atoms with Crippen LogP contribution in [0.15, 0.2) is 41.3 Å². The third-order valence-electron chi connectivity index (χ3n) is 6.07. The zero-order valence-electron chi connectivity index (χ0n) is 18.2. The van der Waals surface area contributed by atoms with Gasteiger partial charge < -0.3 is 9.64 Å². The van der Waals surface area contributed by atoms with Crippen molar-refractivity contribution in [3.63, 3.8) is 0 Å². The molecule has 0 bridgehead atoms. The summed E-state index contributed by atoms with van der Waals surface area (Å²) >= 11 is 1.52. The molecule has 2 aromatic rings. The summed E-state index contributed by atoms with van der Waals surface area (Å²) in [6.07, 6.45) is 2.32. The van der Waals surface area contributed by atoms with Gasteiger partial charge in [0.05, 0.1) is 10.5 Å². The Kier molecular flexibility index (Phi) is 6.08. The van der Waals surface area contributed by atoms with E-state index in [1.165, 1.54) is 24.2 Å². The summed E-state index contributed by atoms with van der Waals surface area (Å²) in [5, 5.41) is 11.6. The number of ether oxygens (including phenoxy) is 1. The number of nitro benzene ring substituents is 1. The fourth-order valence-corrected chi connectivity index (χ4v) is 5.85. The van der Waals surface area contributed by atoms with Gasteiger partial charge in [-0.25, -0.2) is 0 Å². The fourth-order valence-electron chi connectivity index (χ4n) is 4.56. The van der Waals surface area contributed by atoms with Crippen molar-refractivity contribution in [2.75, 3.05) is 26.2 Å². The van der Waals surface area contributed by atoms with Gasteiger partial charge in [0.1, 0.15) is 11.4 Å². The van der Waals surface area contributed by atoms with Gasteiger partial charge in [0.25, 0.3) is 0 Å². The van der Waals surface area contributed by atoms with E-state index in [0.717, 1.165) is 30.0 Å². The maximum Gasteiger partial charge on any atom is 0.311 e. The van der Waals surface area contributed by atoms with Crippen molar-refractivity contribution >= 4 is 23.2 Å². The lowest BCUT2D eigenvalue weighted by Crippen LogP contribution is -2.54. The standard InChI is InChI=1S/C24H28N2O4S/c1-16-6-8-19(9-7-16)31-24(14-25-10-4-5-17(2)13-25)15-30-22-20(23(24)27)11-18(3)12-21(22)26(28)29/h6-9,11-12,17H,4-5,10,13-15H2,1-3H3/t17-,24+/m0/s1. The van der Waals surface area contributed by atoms with E-state index < -0.39 is 9.67 Å². The van der Waals surface area contributed by atoms with Crippen molar-refractivity contribution in [1.82, 2.24) is 4.90 Å². The van der Waals surface area contributed by atoms with Crippen LogP contribution in [-0.2, 0) is 0 Å². The van der Waals surface area contributed by atoms with Crippen LogP contribution < -0.4 is 4.74 Å². The smallest absolute Gasteiger partial charge is 0.311 e. The Morgan fingerprint density at radius 3 is 2.65 bits per heavy atom. The van der Waals surface area contributed by atoms with Gasteiger partial charge in [-0.1, -0.05) is 24.6 Å².